The van der Waals surface area contributed by atoms with Gasteiger partial charge in [0.1, 0.15) is 5.69 Å². The maximum atomic E-state index is 14.2. The summed E-state index contributed by atoms with van der Waals surface area (Å²) in [6.45, 7) is 1.30. The molecule has 2 aromatic heterocycles. The Morgan fingerprint density at radius 2 is 2.07 bits per heavy atom. The molecule has 13 heteroatoms. The molecule has 0 saturated carbocycles. The van der Waals surface area contributed by atoms with Crippen LogP contribution in [0.25, 0.3) is 0 Å². The number of carbonyl (C=O) groups excluding carboxylic acids is 1. The number of amidine groups is 1. The molecule has 0 spiro atoms. The number of amides is 1. The number of rotatable bonds is 3. The number of anilines is 1. The molecule has 0 radical (unpaired) electrons. The second-order valence-electron chi connectivity index (χ2n) is 6.53. The Hall–Kier alpha value is -2.66. The number of halogens is 6. The predicted molar refractivity (Wildman–Crippen MR) is 101 cm³/mol. The first kappa shape index (κ1) is 22.0. The quantitative estimate of drug-likeness (QED) is 0.665. The molecule has 0 unspecified atom stereocenters. The number of aromatic nitrogens is 2. The molecular weight excluding hydrogens is 453 g/mol. The van der Waals surface area contributed by atoms with Crippen LogP contribution in [-0.2, 0) is 10.3 Å². The van der Waals surface area contributed by atoms with E-state index in [1.807, 2.05) is 0 Å². The molecule has 0 aromatic carbocycles. The Kier molecular flexibility index (Phi) is 5.79. The predicted octanol–water partition coefficient (Wildman–Crippen LogP) is 4.06. The molecular formula is C17H13Cl2F4N5O2. The van der Waals surface area contributed by atoms with Crippen LogP contribution in [0, 0.1) is 5.82 Å². The highest BCUT2D eigenvalue weighted by molar-refractivity contribution is 6.36. The van der Waals surface area contributed by atoms with Gasteiger partial charge in [-0.3, -0.25) is 4.79 Å². The van der Waals surface area contributed by atoms with Crippen molar-refractivity contribution in [2.45, 2.75) is 31.2 Å². The number of carbonyl (C=O) groups is 1. The van der Waals surface area contributed by atoms with E-state index in [1.165, 1.54) is 19.2 Å². The molecule has 3 rings (SSSR count). The summed E-state index contributed by atoms with van der Waals surface area (Å²) in [5.74, 6) is -2.39. The maximum Gasteiger partial charge on any atom is 0.411 e. The lowest BCUT2D eigenvalue weighted by Gasteiger charge is -2.36. The third-order valence-corrected chi connectivity index (χ3v) is 4.71. The van der Waals surface area contributed by atoms with Crippen LogP contribution in [0.1, 0.15) is 29.5 Å². The number of nitrogens with two attached hydrogens (primary N) is 1. The van der Waals surface area contributed by atoms with Gasteiger partial charge in [-0.1, -0.05) is 23.2 Å². The smallest absolute Gasteiger partial charge is 0.411 e. The van der Waals surface area contributed by atoms with Crippen molar-refractivity contribution in [1.29, 1.82) is 0 Å². The van der Waals surface area contributed by atoms with Crippen LogP contribution in [-0.4, -0.2) is 34.1 Å². The monoisotopic (exact) mass is 465 g/mol. The van der Waals surface area contributed by atoms with Gasteiger partial charge in [-0.25, -0.2) is 19.4 Å². The van der Waals surface area contributed by atoms with Gasteiger partial charge in [-0.05, 0) is 25.1 Å². The van der Waals surface area contributed by atoms with Gasteiger partial charge >= 0.3 is 6.18 Å². The minimum absolute atomic E-state index is 0.0869. The summed E-state index contributed by atoms with van der Waals surface area (Å²) in [7, 11) is 0. The molecule has 160 valence electrons. The molecule has 30 heavy (non-hydrogen) atoms. The molecule has 7 nitrogen and oxygen atoms in total. The van der Waals surface area contributed by atoms with Crippen molar-refractivity contribution in [3.63, 3.8) is 0 Å². The zero-order chi connectivity index (χ0) is 22.3. The van der Waals surface area contributed by atoms with Crippen molar-refractivity contribution in [2.24, 2.45) is 10.7 Å². The number of nitrogens with zero attached hydrogens (tertiary/aromatic N) is 3. The fraction of sp³-hybridized carbons (Fsp3) is 0.294. The summed E-state index contributed by atoms with van der Waals surface area (Å²) in [5, 5.41) is 2.28. The number of ether oxygens (including phenoxy) is 1. The Bertz CT molecular complexity index is 1030. The average molecular weight is 466 g/mol. The minimum atomic E-state index is -4.66. The summed E-state index contributed by atoms with van der Waals surface area (Å²) in [6.07, 6.45) is -4.14. The van der Waals surface area contributed by atoms with Gasteiger partial charge in [0.15, 0.2) is 23.3 Å². The van der Waals surface area contributed by atoms with E-state index in [-0.39, 0.29) is 21.4 Å². The van der Waals surface area contributed by atoms with Gasteiger partial charge in [0.2, 0.25) is 0 Å². The topological polar surface area (TPSA) is 102 Å². The Balaban J connectivity index is 1.91. The Labute approximate surface area is 177 Å². The van der Waals surface area contributed by atoms with Gasteiger partial charge in [-0.2, -0.15) is 13.2 Å². The highest BCUT2D eigenvalue weighted by atomic mass is 35.5. The number of pyridine rings is 2. The van der Waals surface area contributed by atoms with Crippen LogP contribution in [0.2, 0.25) is 10.0 Å². The van der Waals surface area contributed by atoms with E-state index in [1.54, 1.807) is 0 Å². The molecule has 0 bridgehead atoms. The standard InChI is InChI=1S/C17H13Cl2F4N5O2/c1-16(5-11(17(21,22)23)27-15(24)30-16)10-3-2-9(20)13(26-10)28-14(29)12-8(19)4-7(18)6-25-12/h2-4,6,11H,5H2,1H3,(H2,24,27)(H,26,28,29)/t11-,16-/m0/s1. The summed E-state index contributed by atoms with van der Waals surface area (Å²) in [5.41, 5.74) is 3.39. The molecule has 2 aromatic rings. The molecule has 1 aliphatic rings. The lowest BCUT2D eigenvalue weighted by molar-refractivity contribution is -0.164. The van der Waals surface area contributed by atoms with Crippen LogP contribution < -0.4 is 11.1 Å². The number of alkyl halides is 3. The highest BCUT2D eigenvalue weighted by Crippen LogP contribution is 2.39. The van der Waals surface area contributed by atoms with Gasteiger partial charge in [0, 0.05) is 12.6 Å². The van der Waals surface area contributed by atoms with Crippen LogP contribution in [0.15, 0.2) is 29.4 Å². The first-order valence-corrected chi connectivity index (χ1v) is 9.03. The molecule has 0 saturated heterocycles. The third-order valence-electron chi connectivity index (χ3n) is 4.22. The van der Waals surface area contributed by atoms with Crippen LogP contribution in [0.4, 0.5) is 23.4 Å². The van der Waals surface area contributed by atoms with Crippen molar-refractivity contribution < 1.29 is 27.1 Å². The molecule has 1 aliphatic heterocycles. The van der Waals surface area contributed by atoms with Crippen LogP contribution in [0.5, 0.6) is 0 Å². The van der Waals surface area contributed by atoms with Crippen molar-refractivity contribution >= 4 is 40.9 Å². The van der Waals surface area contributed by atoms with Crippen molar-refractivity contribution in [2.75, 3.05) is 5.32 Å². The normalized spacial score (nSPS) is 21.6. The SMILES string of the molecule is C[C@@]1(c2ccc(F)c(NC(=O)c3ncc(Cl)cc3Cl)n2)C[C@@H](C(F)(F)F)N=C(N)O1. The van der Waals surface area contributed by atoms with E-state index in [2.05, 4.69) is 20.3 Å². The lowest BCUT2D eigenvalue weighted by Crippen LogP contribution is -2.46. The lowest BCUT2D eigenvalue weighted by atomic mass is 9.91. The number of nitrogens with one attached hydrogen (secondary N) is 1. The first-order chi connectivity index (χ1) is 13.9. The van der Waals surface area contributed by atoms with Gasteiger partial charge in [0.05, 0.1) is 15.7 Å². The van der Waals surface area contributed by atoms with E-state index in [0.29, 0.717) is 0 Å². The summed E-state index contributed by atoms with van der Waals surface area (Å²) < 4.78 is 59.0. The second-order valence-corrected chi connectivity index (χ2v) is 7.37. The zero-order valence-electron chi connectivity index (χ0n) is 15.1. The Morgan fingerprint density at radius 3 is 2.70 bits per heavy atom. The third kappa shape index (κ3) is 4.57. The number of hydrogen-bond acceptors (Lipinski definition) is 6. The average Bonchev–Trinajstić information content (AvgIpc) is 2.61. The fourth-order valence-electron chi connectivity index (χ4n) is 2.79. The summed E-state index contributed by atoms with van der Waals surface area (Å²) in [4.78, 5) is 23.3. The van der Waals surface area contributed by atoms with Crippen LogP contribution >= 0.6 is 23.2 Å². The molecule has 0 fully saturated rings. The summed E-state index contributed by atoms with van der Waals surface area (Å²) in [6, 6.07) is 0.512. The second kappa shape index (κ2) is 7.88. The van der Waals surface area contributed by atoms with E-state index in [4.69, 9.17) is 33.7 Å². The van der Waals surface area contributed by atoms with E-state index in [9.17, 15) is 22.4 Å². The summed E-state index contributed by atoms with van der Waals surface area (Å²) >= 11 is 11.6. The van der Waals surface area contributed by atoms with Gasteiger partial charge in [-0.15, -0.1) is 0 Å². The van der Waals surface area contributed by atoms with E-state index < -0.39 is 47.8 Å². The van der Waals surface area contributed by atoms with E-state index >= 15 is 0 Å². The Morgan fingerprint density at radius 1 is 1.37 bits per heavy atom. The van der Waals surface area contributed by atoms with Gasteiger partial charge in [0.25, 0.3) is 11.9 Å². The number of hydrogen-bond donors (Lipinski definition) is 2. The zero-order valence-corrected chi connectivity index (χ0v) is 16.6. The van der Waals surface area contributed by atoms with Gasteiger partial charge < -0.3 is 15.8 Å². The van der Waals surface area contributed by atoms with Crippen LogP contribution in [0.3, 0.4) is 0 Å². The largest absolute Gasteiger partial charge is 0.452 e. The molecule has 2 atom stereocenters. The van der Waals surface area contributed by atoms with Crippen molar-refractivity contribution in [3.8, 4) is 0 Å². The van der Waals surface area contributed by atoms with E-state index in [0.717, 1.165) is 12.1 Å². The van der Waals surface area contributed by atoms with Crippen molar-refractivity contribution in [1.82, 2.24) is 9.97 Å². The minimum Gasteiger partial charge on any atom is -0.452 e. The highest BCUT2D eigenvalue weighted by Gasteiger charge is 2.49. The first-order valence-electron chi connectivity index (χ1n) is 8.27. The molecule has 3 N–H and O–H groups in total. The maximum absolute atomic E-state index is 14.2. The molecule has 0 aliphatic carbocycles. The molecule has 1 amide bonds. The molecule has 3 heterocycles. The van der Waals surface area contributed by atoms with Crippen molar-refractivity contribution in [3.05, 3.63) is 51.6 Å². The number of aliphatic imine (C=N–C) groups is 1. The fourth-order valence-corrected chi connectivity index (χ4v) is 3.25.